The molecule has 0 amide bonds. The Bertz CT molecular complexity index is 301. The van der Waals surface area contributed by atoms with Gasteiger partial charge in [0, 0.05) is 12.4 Å². The summed E-state index contributed by atoms with van der Waals surface area (Å²) in [6, 6.07) is 1.61. The number of aromatic nitrogens is 1. The van der Waals surface area contributed by atoms with Crippen molar-refractivity contribution in [2.24, 2.45) is 0 Å². The minimum Gasteiger partial charge on any atom is -0.481 e. The molecule has 1 atom stereocenters. The van der Waals surface area contributed by atoms with Gasteiger partial charge in [0.15, 0.2) is 0 Å². The number of hydrogen-bond acceptors (Lipinski definition) is 2. The molecule has 0 aliphatic carbocycles. The summed E-state index contributed by atoms with van der Waals surface area (Å²) in [6.07, 6.45) is 2.97. The first-order valence-electron chi connectivity index (χ1n) is 3.45. The van der Waals surface area contributed by atoms with Crippen molar-refractivity contribution in [3.05, 3.63) is 29.0 Å². The predicted octanol–water partition coefficient (Wildman–Crippen LogP) is 1.92. The van der Waals surface area contributed by atoms with Crippen LogP contribution in [0.5, 0.6) is 0 Å². The van der Waals surface area contributed by atoms with Crippen LogP contribution in [0.15, 0.2) is 18.5 Å². The second-order valence-corrected chi connectivity index (χ2v) is 2.86. The lowest BCUT2D eigenvalue weighted by atomic mass is 10.0. The summed E-state index contributed by atoms with van der Waals surface area (Å²) in [6.45, 7) is 1.59. The first kappa shape index (κ1) is 9.00. The number of nitrogens with zero attached hydrogens (tertiary/aromatic N) is 1. The minimum atomic E-state index is -0.886. The molecule has 0 radical (unpaired) electrons. The summed E-state index contributed by atoms with van der Waals surface area (Å²) in [4.78, 5) is 14.3. The van der Waals surface area contributed by atoms with Crippen LogP contribution >= 0.6 is 11.6 Å². The first-order chi connectivity index (χ1) is 5.63. The van der Waals surface area contributed by atoms with E-state index in [4.69, 9.17) is 16.7 Å². The summed E-state index contributed by atoms with van der Waals surface area (Å²) in [5, 5.41) is 9.08. The topological polar surface area (TPSA) is 50.2 Å². The maximum absolute atomic E-state index is 10.6. The lowest BCUT2D eigenvalue weighted by Gasteiger charge is -2.06. The normalized spacial score (nSPS) is 12.5. The van der Waals surface area contributed by atoms with Crippen LogP contribution in [-0.2, 0) is 4.79 Å². The Hall–Kier alpha value is -1.09. The van der Waals surface area contributed by atoms with Crippen molar-refractivity contribution in [1.82, 2.24) is 4.98 Å². The predicted molar refractivity (Wildman–Crippen MR) is 45.3 cm³/mol. The molecular formula is C8H8ClNO2. The Kier molecular flexibility index (Phi) is 2.65. The lowest BCUT2D eigenvalue weighted by Crippen LogP contribution is -2.07. The number of pyridine rings is 1. The van der Waals surface area contributed by atoms with Gasteiger partial charge in [0.25, 0.3) is 0 Å². The van der Waals surface area contributed by atoms with Crippen LogP contribution in [0.2, 0.25) is 5.02 Å². The fraction of sp³-hybridized carbons (Fsp3) is 0.250. The van der Waals surface area contributed by atoms with E-state index in [9.17, 15) is 4.79 Å². The highest BCUT2D eigenvalue weighted by Gasteiger charge is 2.15. The van der Waals surface area contributed by atoms with E-state index in [1.165, 1.54) is 12.4 Å². The van der Waals surface area contributed by atoms with Gasteiger partial charge in [0.1, 0.15) is 0 Å². The Morgan fingerprint density at radius 2 is 2.42 bits per heavy atom. The van der Waals surface area contributed by atoms with Crippen molar-refractivity contribution in [1.29, 1.82) is 0 Å². The van der Waals surface area contributed by atoms with Crippen LogP contribution in [-0.4, -0.2) is 16.1 Å². The second kappa shape index (κ2) is 3.54. The molecule has 0 aromatic carbocycles. The molecule has 1 heterocycles. The van der Waals surface area contributed by atoms with Crippen LogP contribution in [0.3, 0.4) is 0 Å². The molecule has 1 aromatic rings. The molecule has 1 unspecified atom stereocenters. The van der Waals surface area contributed by atoms with E-state index in [1.54, 1.807) is 13.0 Å². The highest BCUT2D eigenvalue weighted by molar-refractivity contribution is 6.31. The Morgan fingerprint density at radius 3 is 2.92 bits per heavy atom. The third kappa shape index (κ3) is 1.74. The standard InChI is InChI=1S/C8H8ClNO2/c1-5(8(11)12)6-2-3-10-4-7(6)9/h2-5H,1H3,(H,11,12). The van der Waals surface area contributed by atoms with Gasteiger partial charge in [0.2, 0.25) is 0 Å². The molecule has 0 aliphatic heterocycles. The van der Waals surface area contributed by atoms with Crippen LogP contribution in [0.25, 0.3) is 0 Å². The first-order valence-corrected chi connectivity index (χ1v) is 3.83. The van der Waals surface area contributed by atoms with Gasteiger partial charge in [-0.3, -0.25) is 9.78 Å². The van der Waals surface area contributed by atoms with Crippen molar-refractivity contribution in [3.63, 3.8) is 0 Å². The van der Waals surface area contributed by atoms with E-state index in [0.29, 0.717) is 10.6 Å². The Balaban J connectivity index is 3.02. The van der Waals surface area contributed by atoms with E-state index < -0.39 is 11.9 Å². The second-order valence-electron chi connectivity index (χ2n) is 2.46. The van der Waals surface area contributed by atoms with E-state index >= 15 is 0 Å². The molecule has 0 spiro atoms. The van der Waals surface area contributed by atoms with Gasteiger partial charge in [-0.05, 0) is 18.6 Å². The van der Waals surface area contributed by atoms with E-state index in [2.05, 4.69) is 4.98 Å². The molecule has 64 valence electrons. The van der Waals surface area contributed by atoms with E-state index in [0.717, 1.165) is 0 Å². The van der Waals surface area contributed by atoms with Crippen LogP contribution in [0, 0.1) is 0 Å². The highest BCUT2D eigenvalue weighted by atomic mass is 35.5. The zero-order valence-electron chi connectivity index (χ0n) is 6.49. The van der Waals surface area contributed by atoms with Crippen molar-refractivity contribution in [2.75, 3.05) is 0 Å². The minimum absolute atomic E-state index is 0.396. The fourth-order valence-electron chi connectivity index (χ4n) is 0.870. The van der Waals surface area contributed by atoms with Gasteiger partial charge in [-0.25, -0.2) is 0 Å². The smallest absolute Gasteiger partial charge is 0.310 e. The van der Waals surface area contributed by atoms with Crippen molar-refractivity contribution < 1.29 is 9.90 Å². The molecule has 4 heteroatoms. The number of rotatable bonds is 2. The van der Waals surface area contributed by atoms with Crippen LogP contribution < -0.4 is 0 Å². The third-order valence-electron chi connectivity index (χ3n) is 1.64. The summed E-state index contributed by atoms with van der Waals surface area (Å²) in [5.41, 5.74) is 0.596. The SMILES string of the molecule is CC(C(=O)O)c1ccncc1Cl. The number of carboxylic acid groups (broad SMARTS) is 1. The molecule has 0 bridgehead atoms. The quantitative estimate of drug-likeness (QED) is 0.766. The zero-order chi connectivity index (χ0) is 9.14. The lowest BCUT2D eigenvalue weighted by molar-refractivity contribution is -0.138. The number of carbonyl (C=O) groups is 1. The highest BCUT2D eigenvalue weighted by Crippen LogP contribution is 2.22. The van der Waals surface area contributed by atoms with Gasteiger partial charge in [-0.1, -0.05) is 11.6 Å². The zero-order valence-corrected chi connectivity index (χ0v) is 7.25. The van der Waals surface area contributed by atoms with Gasteiger partial charge < -0.3 is 5.11 Å². The summed E-state index contributed by atoms with van der Waals surface area (Å²) in [5.74, 6) is -1.47. The van der Waals surface area contributed by atoms with Gasteiger partial charge in [-0.15, -0.1) is 0 Å². The number of hydrogen-bond donors (Lipinski definition) is 1. The fourth-order valence-corrected chi connectivity index (χ4v) is 1.15. The molecule has 1 N–H and O–H groups in total. The molecule has 0 aliphatic rings. The number of aliphatic carboxylic acids is 1. The number of halogens is 1. The average Bonchev–Trinajstić information content (AvgIpc) is 2.04. The molecule has 1 rings (SSSR count). The van der Waals surface area contributed by atoms with Crippen LogP contribution in [0.4, 0.5) is 0 Å². The van der Waals surface area contributed by atoms with E-state index in [1.807, 2.05) is 0 Å². The molecule has 1 aromatic heterocycles. The van der Waals surface area contributed by atoms with Gasteiger partial charge in [0.05, 0.1) is 10.9 Å². The van der Waals surface area contributed by atoms with Gasteiger partial charge >= 0.3 is 5.97 Å². The molecule has 0 saturated carbocycles. The maximum Gasteiger partial charge on any atom is 0.310 e. The van der Waals surface area contributed by atoms with E-state index in [-0.39, 0.29) is 0 Å². The largest absolute Gasteiger partial charge is 0.481 e. The van der Waals surface area contributed by atoms with Crippen molar-refractivity contribution >= 4 is 17.6 Å². The summed E-state index contributed by atoms with van der Waals surface area (Å²) < 4.78 is 0. The molecule has 3 nitrogen and oxygen atoms in total. The molecule has 12 heavy (non-hydrogen) atoms. The van der Waals surface area contributed by atoms with Crippen LogP contribution in [0.1, 0.15) is 18.4 Å². The number of carboxylic acids is 1. The summed E-state index contributed by atoms with van der Waals surface area (Å²) >= 11 is 5.74. The Morgan fingerprint density at radius 1 is 1.75 bits per heavy atom. The molecular weight excluding hydrogens is 178 g/mol. The third-order valence-corrected chi connectivity index (χ3v) is 1.96. The van der Waals surface area contributed by atoms with Crippen molar-refractivity contribution in [2.45, 2.75) is 12.8 Å². The summed E-state index contributed by atoms with van der Waals surface area (Å²) in [7, 11) is 0. The monoisotopic (exact) mass is 185 g/mol. The Labute approximate surface area is 75.0 Å². The molecule has 0 fully saturated rings. The van der Waals surface area contributed by atoms with Crippen molar-refractivity contribution in [3.8, 4) is 0 Å². The average molecular weight is 186 g/mol. The maximum atomic E-state index is 10.6. The molecule has 0 saturated heterocycles. The van der Waals surface area contributed by atoms with Gasteiger partial charge in [-0.2, -0.15) is 0 Å².